The van der Waals surface area contributed by atoms with Crippen LogP contribution in [0, 0.1) is 0 Å². The highest BCUT2D eigenvalue weighted by Crippen LogP contribution is 2.36. The molecule has 0 saturated carbocycles. The van der Waals surface area contributed by atoms with E-state index in [0.717, 1.165) is 5.46 Å². The smallest absolute Gasteiger partial charge is 0.459 e. The van der Waals surface area contributed by atoms with Gasteiger partial charge in [0.05, 0.1) is 17.8 Å². The van der Waals surface area contributed by atoms with Gasteiger partial charge >= 0.3 is 19.0 Å². The number of ether oxygens (including phenoxy) is 1. The molecule has 0 unspecified atom stereocenters. The number of hydrogen-bond acceptors (Lipinski definition) is 6. The number of carbonyl (C=O) groups excluding carboxylic acids is 1. The number of nitrogens with zero attached hydrogens (tertiary/aromatic N) is 1. The summed E-state index contributed by atoms with van der Waals surface area (Å²) in [7, 11) is -0.479. The van der Waals surface area contributed by atoms with Gasteiger partial charge in [0.25, 0.3) is 0 Å². The van der Waals surface area contributed by atoms with Crippen molar-refractivity contribution in [2.75, 3.05) is 6.61 Å². The van der Waals surface area contributed by atoms with Gasteiger partial charge in [-0.25, -0.2) is 9.78 Å². The second kappa shape index (κ2) is 5.35. The molecule has 1 fully saturated rings. The van der Waals surface area contributed by atoms with Crippen molar-refractivity contribution in [3.8, 4) is 0 Å². The summed E-state index contributed by atoms with van der Waals surface area (Å²) in [6, 6.07) is 5.42. The Morgan fingerprint density at radius 3 is 2.48 bits per heavy atom. The lowest BCUT2D eigenvalue weighted by Crippen LogP contribution is -2.41. The van der Waals surface area contributed by atoms with Crippen LogP contribution in [0.5, 0.6) is 0 Å². The second-order valence-electron chi connectivity index (χ2n) is 6.55. The molecule has 0 atom stereocenters. The molecule has 1 aliphatic heterocycles. The minimum absolute atomic E-state index is 0.0482. The molecule has 0 N–H and O–H groups in total. The van der Waals surface area contributed by atoms with E-state index in [0.29, 0.717) is 11.1 Å². The number of benzene rings is 1. The first-order valence-corrected chi connectivity index (χ1v) is 7.67. The van der Waals surface area contributed by atoms with Crippen molar-refractivity contribution in [3.63, 3.8) is 0 Å². The Morgan fingerprint density at radius 1 is 1.22 bits per heavy atom. The van der Waals surface area contributed by atoms with Crippen molar-refractivity contribution >= 4 is 29.7 Å². The quantitative estimate of drug-likeness (QED) is 0.639. The summed E-state index contributed by atoms with van der Waals surface area (Å²) in [5.74, 6) is -0.617. The van der Waals surface area contributed by atoms with Gasteiger partial charge in [-0.1, -0.05) is 6.07 Å². The highest BCUT2D eigenvalue weighted by Gasteiger charge is 2.51. The number of esters is 1. The third-order valence-corrected chi connectivity index (χ3v) is 4.39. The maximum atomic E-state index is 11.7. The summed E-state index contributed by atoms with van der Waals surface area (Å²) in [4.78, 5) is 15.9. The molecule has 2 heterocycles. The lowest BCUT2D eigenvalue weighted by atomic mass is 9.79. The fourth-order valence-corrected chi connectivity index (χ4v) is 2.35. The highest BCUT2D eigenvalue weighted by atomic mass is 16.7. The molecule has 1 aromatic carbocycles. The minimum Gasteiger partial charge on any atom is -0.459 e. The predicted molar refractivity (Wildman–Crippen MR) is 85.7 cm³/mol. The maximum Gasteiger partial charge on any atom is 0.494 e. The molecule has 1 saturated heterocycles. The average molecular weight is 317 g/mol. The third-order valence-electron chi connectivity index (χ3n) is 4.39. The Bertz CT molecular complexity index is 736. The van der Waals surface area contributed by atoms with Gasteiger partial charge in [-0.05, 0) is 52.2 Å². The van der Waals surface area contributed by atoms with Crippen LogP contribution in [0.2, 0.25) is 0 Å². The number of fused-ring (bicyclic) bond motifs is 1. The molecule has 2 aromatic rings. The summed E-state index contributed by atoms with van der Waals surface area (Å²) >= 11 is 0. The number of rotatable bonds is 3. The largest absolute Gasteiger partial charge is 0.494 e. The van der Waals surface area contributed by atoms with Crippen LogP contribution in [0.4, 0.5) is 0 Å². The zero-order valence-electron chi connectivity index (χ0n) is 14.0. The van der Waals surface area contributed by atoms with Gasteiger partial charge in [0.1, 0.15) is 5.52 Å². The van der Waals surface area contributed by atoms with Crippen LogP contribution in [0.25, 0.3) is 11.1 Å². The number of hydrogen-bond donors (Lipinski definition) is 0. The van der Waals surface area contributed by atoms with Crippen molar-refractivity contribution in [1.82, 2.24) is 4.98 Å². The molecule has 122 valence electrons. The summed E-state index contributed by atoms with van der Waals surface area (Å²) in [6.45, 7) is 10.0. The average Bonchev–Trinajstić information content (AvgIpc) is 2.97. The lowest BCUT2D eigenvalue weighted by Gasteiger charge is -2.32. The van der Waals surface area contributed by atoms with Gasteiger partial charge in [-0.2, -0.15) is 0 Å². The monoisotopic (exact) mass is 317 g/mol. The molecule has 1 aromatic heterocycles. The Labute approximate surface area is 135 Å². The van der Waals surface area contributed by atoms with E-state index in [9.17, 15) is 4.79 Å². The van der Waals surface area contributed by atoms with Crippen LogP contribution in [-0.4, -0.2) is 35.9 Å². The van der Waals surface area contributed by atoms with Gasteiger partial charge in [0, 0.05) is 0 Å². The number of oxazole rings is 1. The van der Waals surface area contributed by atoms with Gasteiger partial charge in [0.15, 0.2) is 5.58 Å². The van der Waals surface area contributed by atoms with Gasteiger partial charge in [-0.3, -0.25) is 0 Å². The van der Waals surface area contributed by atoms with Gasteiger partial charge < -0.3 is 18.5 Å². The van der Waals surface area contributed by atoms with Crippen molar-refractivity contribution in [2.45, 2.75) is 45.8 Å². The van der Waals surface area contributed by atoms with Gasteiger partial charge in [-0.15, -0.1) is 0 Å². The normalized spacial score (nSPS) is 19.3. The molecular weight excluding hydrogens is 297 g/mol. The molecule has 23 heavy (non-hydrogen) atoms. The van der Waals surface area contributed by atoms with E-state index in [-0.39, 0.29) is 12.5 Å². The van der Waals surface area contributed by atoms with E-state index in [2.05, 4.69) is 4.98 Å². The molecule has 3 rings (SSSR count). The topological polar surface area (TPSA) is 70.8 Å². The zero-order valence-corrected chi connectivity index (χ0v) is 14.0. The van der Waals surface area contributed by atoms with E-state index in [1.807, 2.05) is 39.8 Å². The number of aromatic nitrogens is 1. The third kappa shape index (κ3) is 2.75. The first-order chi connectivity index (χ1) is 10.7. The van der Waals surface area contributed by atoms with Crippen LogP contribution in [0.1, 0.15) is 45.3 Å². The molecule has 1 aliphatic rings. The van der Waals surface area contributed by atoms with Crippen molar-refractivity contribution < 1.29 is 23.3 Å². The Morgan fingerprint density at radius 2 is 1.87 bits per heavy atom. The molecular formula is C16H20BNO5. The molecule has 7 heteroatoms. The van der Waals surface area contributed by atoms with E-state index >= 15 is 0 Å². The highest BCUT2D eigenvalue weighted by molar-refractivity contribution is 6.62. The first-order valence-electron chi connectivity index (χ1n) is 7.67. The fourth-order valence-electron chi connectivity index (χ4n) is 2.35. The Kier molecular flexibility index (Phi) is 3.73. The molecule has 0 amide bonds. The van der Waals surface area contributed by atoms with E-state index < -0.39 is 24.3 Å². The fraction of sp³-hybridized carbons (Fsp3) is 0.500. The Hall–Kier alpha value is -1.86. The molecule has 0 spiro atoms. The Balaban J connectivity index is 1.91. The van der Waals surface area contributed by atoms with E-state index in [1.54, 1.807) is 13.0 Å². The summed E-state index contributed by atoms with van der Waals surface area (Å²) in [5.41, 5.74) is 1.10. The maximum absolute atomic E-state index is 11.7. The zero-order chi connectivity index (χ0) is 16.8. The van der Waals surface area contributed by atoms with Crippen LogP contribution in [0.15, 0.2) is 22.6 Å². The van der Waals surface area contributed by atoms with E-state index in [4.69, 9.17) is 18.5 Å². The SMILES string of the molecule is CCOC(=O)c1nc2cc(B3OC(C)(C)C(C)(C)O3)ccc2o1. The lowest BCUT2D eigenvalue weighted by molar-refractivity contribution is 0.00578. The van der Waals surface area contributed by atoms with Crippen molar-refractivity contribution in [2.24, 2.45) is 0 Å². The second-order valence-corrected chi connectivity index (χ2v) is 6.55. The summed E-state index contributed by atoms with van der Waals surface area (Å²) in [6.07, 6.45) is 0. The first kappa shape index (κ1) is 16.0. The van der Waals surface area contributed by atoms with Crippen LogP contribution >= 0.6 is 0 Å². The minimum atomic E-state index is -0.569. The van der Waals surface area contributed by atoms with Crippen LogP contribution in [-0.2, 0) is 14.0 Å². The molecule has 6 nitrogen and oxygen atoms in total. The van der Waals surface area contributed by atoms with Crippen molar-refractivity contribution in [3.05, 3.63) is 24.1 Å². The summed E-state index contributed by atoms with van der Waals surface area (Å²) in [5, 5.41) is 0. The molecule has 0 bridgehead atoms. The van der Waals surface area contributed by atoms with E-state index in [1.165, 1.54) is 0 Å². The van der Waals surface area contributed by atoms with Crippen molar-refractivity contribution in [1.29, 1.82) is 0 Å². The van der Waals surface area contributed by atoms with Gasteiger partial charge in [0.2, 0.25) is 0 Å². The van der Waals surface area contributed by atoms with Crippen LogP contribution in [0.3, 0.4) is 0 Å². The number of carbonyl (C=O) groups is 1. The summed E-state index contributed by atoms with van der Waals surface area (Å²) < 4.78 is 22.4. The van der Waals surface area contributed by atoms with Crippen LogP contribution < -0.4 is 5.46 Å². The molecule has 0 aliphatic carbocycles. The molecule has 0 radical (unpaired) electrons. The predicted octanol–water partition coefficient (Wildman–Crippen LogP) is 2.30. The standard InChI is InChI=1S/C16H20BNO5/c1-6-20-14(19)13-18-11-9-10(7-8-12(11)21-13)17-22-15(2,3)16(4,5)23-17/h7-9H,6H2,1-5H3.